The Bertz CT molecular complexity index is 595. The number of aromatic nitrogens is 2. The summed E-state index contributed by atoms with van der Waals surface area (Å²) in [5.74, 6) is -0.122. The van der Waals surface area contributed by atoms with Gasteiger partial charge in [-0.2, -0.15) is 0 Å². The van der Waals surface area contributed by atoms with Crippen molar-refractivity contribution in [3.63, 3.8) is 0 Å². The molecule has 0 atom stereocenters. The molecule has 0 radical (unpaired) electrons. The van der Waals surface area contributed by atoms with Gasteiger partial charge >= 0.3 is 5.97 Å². The number of thioether (sulfide) groups is 1. The zero-order valence-corrected chi connectivity index (χ0v) is 11.5. The Balaban J connectivity index is 2.37. The molecular formula is C13H14N2O3S. The number of benzene rings is 1. The third-order valence-electron chi connectivity index (χ3n) is 2.54. The average molecular weight is 278 g/mol. The van der Waals surface area contributed by atoms with Gasteiger partial charge in [0.2, 0.25) is 0 Å². The van der Waals surface area contributed by atoms with Crippen molar-refractivity contribution in [3.05, 3.63) is 36.2 Å². The van der Waals surface area contributed by atoms with E-state index in [4.69, 9.17) is 9.84 Å². The van der Waals surface area contributed by atoms with E-state index in [1.54, 1.807) is 13.3 Å². The van der Waals surface area contributed by atoms with Gasteiger partial charge in [0.05, 0.1) is 18.6 Å². The molecule has 1 heterocycles. The first-order chi connectivity index (χ1) is 9.11. The monoisotopic (exact) mass is 278 g/mol. The van der Waals surface area contributed by atoms with E-state index in [1.165, 1.54) is 11.8 Å². The highest BCUT2D eigenvalue weighted by Crippen LogP contribution is 2.25. The van der Waals surface area contributed by atoms with Crippen LogP contribution in [0.1, 0.15) is 5.69 Å². The van der Waals surface area contributed by atoms with Crippen molar-refractivity contribution < 1.29 is 14.6 Å². The highest BCUT2D eigenvalue weighted by Gasteiger charge is 2.11. The molecule has 0 aliphatic heterocycles. The van der Waals surface area contributed by atoms with Gasteiger partial charge in [0.15, 0.2) is 5.16 Å². The maximum absolute atomic E-state index is 10.6. The van der Waals surface area contributed by atoms with Gasteiger partial charge in [-0.05, 0) is 19.1 Å². The van der Waals surface area contributed by atoms with Gasteiger partial charge in [-0.3, -0.25) is 9.36 Å². The summed E-state index contributed by atoms with van der Waals surface area (Å²) in [7, 11) is 1.61. The van der Waals surface area contributed by atoms with Crippen LogP contribution in [0.4, 0.5) is 0 Å². The smallest absolute Gasteiger partial charge is 0.313 e. The minimum absolute atomic E-state index is 0.0135. The van der Waals surface area contributed by atoms with Crippen LogP contribution in [0.15, 0.2) is 35.6 Å². The molecule has 1 N–H and O–H groups in total. The third-order valence-corrected chi connectivity index (χ3v) is 3.48. The number of nitrogens with zero attached hydrogens (tertiary/aromatic N) is 2. The summed E-state index contributed by atoms with van der Waals surface area (Å²) in [5, 5.41) is 9.41. The number of carbonyl (C=O) groups is 1. The number of ether oxygens (including phenoxy) is 1. The van der Waals surface area contributed by atoms with Gasteiger partial charge in [-0.1, -0.05) is 17.8 Å². The second kappa shape index (κ2) is 5.79. The van der Waals surface area contributed by atoms with Crippen LogP contribution in [0.2, 0.25) is 0 Å². The first-order valence-electron chi connectivity index (χ1n) is 5.65. The molecule has 0 bridgehead atoms. The molecular weight excluding hydrogens is 264 g/mol. The van der Waals surface area contributed by atoms with Crippen LogP contribution in [0.3, 0.4) is 0 Å². The lowest BCUT2D eigenvalue weighted by Gasteiger charge is -2.10. The highest BCUT2D eigenvalue weighted by molar-refractivity contribution is 7.99. The predicted octanol–water partition coefficient (Wildman–Crippen LogP) is 2.37. The normalized spacial score (nSPS) is 10.4. The van der Waals surface area contributed by atoms with E-state index in [1.807, 2.05) is 35.8 Å². The summed E-state index contributed by atoms with van der Waals surface area (Å²) in [6.45, 7) is 1.93. The molecule has 0 fully saturated rings. The van der Waals surface area contributed by atoms with Crippen molar-refractivity contribution in [3.8, 4) is 11.4 Å². The van der Waals surface area contributed by atoms with Gasteiger partial charge in [0.25, 0.3) is 0 Å². The number of rotatable bonds is 5. The molecule has 100 valence electrons. The largest absolute Gasteiger partial charge is 0.497 e. The van der Waals surface area contributed by atoms with Gasteiger partial charge in [-0.25, -0.2) is 4.98 Å². The lowest BCUT2D eigenvalue weighted by Crippen LogP contribution is -2.03. The lowest BCUT2D eigenvalue weighted by atomic mass is 10.3. The molecule has 0 aliphatic rings. The van der Waals surface area contributed by atoms with Gasteiger partial charge in [-0.15, -0.1) is 0 Å². The molecule has 0 amide bonds. The van der Waals surface area contributed by atoms with E-state index in [0.29, 0.717) is 5.16 Å². The summed E-state index contributed by atoms with van der Waals surface area (Å²) in [6.07, 6.45) is 1.73. The van der Waals surface area contributed by atoms with Crippen LogP contribution < -0.4 is 4.74 Å². The molecule has 0 saturated heterocycles. The number of hydrogen-bond donors (Lipinski definition) is 1. The first kappa shape index (κ1) is 13.5. The van der Waals surface area contributed by atoms with E-state index >= 15 is 0 Å². The van der Waals surface area contributed by atoms with Crippen molar-refractivity contribution >= 4 is 17.7 Å². The van der Waals surface area contributed by atoms with Gasteiger partial charge < -0.3 is 9.84 Å². The quantitative estimate of drug-likeness (QED) is 0.851. The summed E-state index contributed by atoms with van der Waals surface area (Å²) in [4.78, 5) is 14.9. The summed E-state index contributed by atoms with van der Waals surface area (Å²) in [6, 6.07) is 7.57. The van der Waals surface area contributed by atoms with Crippen LogP contribution in [-0.4, -0.2) is 33.5 Å². The Kier molecular flexibility index (Phi) is 4.11. The zero-order chi connectivity index (χ0) is 13.8. The van der Waals surface area contributed by atoms with E-state index in [-0.39, 0.29) is 5.75 Å². The minimum atomic E-state index is -0.858. The zero-order valence-electron chi connectivity index (χ0n) is 10.7. The SMILES string of the molecule is COc1cccc(-n2c(C)cnc2SCC(=O)O)c1. The fraction of sp³-hybridized carbons (Fsp3) is 0.231. The molecule has 0 spiro atoms. The standard InChI is InChI=1S/C13H14N2O3S/c1-9-7-14-13(19-8-12(16)17)15(9)10-4-3-5-11(6-10)18-2/h3-7H,8H2,1-2H3,(H,16,17). The predicted molar refractivity (Wildman–Crippen MR) is 73.2 cm³/mol. The maximum atomic E-state index is 10.6. The molecule has 0 saturated carbocycles. The van der Waals surface area contributed by atoms with Crippen LogP contribution in [0.5, 0.6) is 5.75 Å². The van der Waals surface area contributed by atoms with Crippen LogP contribution in [0.25, 0.3) is 5.69 Å². The second-order valence-corrected chi connectivity index (χ2v) is 4.84. The molecule has 0 unspecified atom stereocenters. The molecule has 19 heavy (non-hydrogen) atoms. The number of carboxylic acid groups (broad SMARTS) is 1. The summed E-state index contributed by atoms with van der Waals surface area (Å²) in [5.41, 5.74) is 1.85. The van der Waals surface area contributed by atoms with Crippen LogP contribution in [0, 0.1) is 6.92 Å². The van der Waals surface area contributed by atoms with Crippen molar-refractivity contribution in [2.45, 2.75) is 12.1 Å². The van der Waals surface area contributed by atoms with Crippen LogP contribution >= 0.6 is 11.8 Å². The number of aliphatic carboxylic acids is 1. The van der Waals surface area contributed by atoms with Gasteiger partial charge in [0.1, 0.15) is 5.75 Å². The lowest BCUT2D eigenvalue weighted by molar-refractivity contribution is -0.133. The molecule has 2 aromatic rings. The number of carboxylic acids is 1. The highest BCUT2D eigenvalue weighted by atomic mass is 32.2. The van der Waals surface area contributed by atoms with Crippen LogP contribution in [-0.2, 0) is 4.79 Å². The van der Waals surface area contributed by atoms with Crippen molar-refractivity contribution in [1.29, 1.82) is 0 Å². The molecule has 2 rings (SSSR count). The number of imidazole rings is 1. The topological polar surface area (TPSA) is 64.4 Å². The Morgan fingerprint density at radius 3 is 3.00 bits per heavy atom. The Hall–Kier alpha value is -1.95. The Morgan fingerprint density at radius 1 is 1.53 bits per heavy atom. The van der Waals surface area contributed by atoms with E-state index < -0.39 is 5.97 Å². The van der Waals surface area contributed by atoms with Crippen molar-refractivity contribution in [2.24, 2.45) is 0 Å². The van der Waals surface area contributed by atoms with E-state index in [9.17, 15) is 4.79 Å². The number of hydrogen-bond acceptors (Lipinski definition) is 4. The fourth-order valence-electron chi connectivity index (χ4n) is 1.71. The van der Waals surface area contributed by atoms with Crippen molar-refractivity contribution in [2.75, 3.05) is 12.9 Å². The Morgan fingerprint density at radius 2 is 2.32 bits per heavy atom. The molecule has 1 aromatic carbocycles. The first-order valence-corrected chi connectivity index (χ1v) is 6.63. The maximum Gasteiger partial charge on any atom is 0.313 e. The molecule has 0 aliphatic carbocycles. The van der Waals surface area contributed by atoms with Gasteiger partial charge in [0, 0.05) is 18.0 Å². The third kappa shape index (κ3) is 3.08. The molecule has 6 heteroatoms. The van der Waals surface area contributed by atoms with E-state index in [2.05, 4.69) is 4.98 Å². The van der Waals surface area contributed by atoms with E-state index in [0.717, 1.165) is 17.1 Å². The van der Waals surface area contributed by atoms with Crippen molar-refractivity contribution in [1.82, 2.24) is 9.55 Å². The summed E-state index contributed by atoms with van der Waals surface area (Å²) < 4.78 is 7.11. The minimum Gasteiger partial charge on any atom is -0.497 e. The summed E-state index contributed by atoms with van der Waals surface area (Å²) >= 11 is 1.20. The molecule has 5 nitrogen and oxygen atoms in total. The fourth-order valence-corrected chi connectivity index (χ4v) is 2.47. The Labute approximate surface area is 115 Å². The average Bonchev–Trinajstić information content (AvgIpc) is 2.77. The number of methoxy groups -OCH3 is 1. The molecule has 1 aromatic heterocycles. The second-order valence-electron chi connectivity index (χ2n) is 3.90. The number of aryl methyl sites for hydroxylation is 1.